The van der Waals surface area contributed by atoms with Gasteiger partial charge in [-0.3, -0.25) is 9.89 Å². The van der Waals surface area contributed by atoms with Crippen molar-refractivity contribution in [3.63, 3.8) is 0 Å². The van der Waals surface area contributed by atoms with Crippen LogP contribution in [0.5, 0.6) is 0 Å². The number of H-pyrrole nitrogens is 1. The molecule has 140 valence electrons. The first-order valence-corrected chi connectivity index (χ1v) is 10.0. The van der Waals surface area contributed by atoms with Crippen LogP contribution in [0.2, 0.25) is 0 Å². The van der Waals surface area contributed by atoms with Crippen LogP contribution in [0.4, 0.5) is 5.00 Å². The van der Waals surface area contributed by atoms with Crippen LogP contribution in [-0.2, 0) is 9.53 Å². The number of hydrogen-bond acceptors (Lipinski definition) is 7. The zero-order valence-corrected chi connectivity index (χ0v) is 16.4. The fourth-order valence-electron chi connectivity index (χ4n) is 2.27. The van der Waals surface area contributed by atoms with Crippen LogP contribution in [0, 0.1) is 6.92 Å². The number of benzene rings is 1. The smallest absolute Gasteiger partial charge is 0.341 e. The second kappa shape index (κ2) is 8.83. The number of thioether (sulfide) groups is 1. The normalized spacial score (nSPS) is 10.6. The molecule has 0 saturated heterocycles. The van der Waals surface area contributed by atoms with E-state index in [0.717, 1.165) is 10.4 Å². The molecule has 7 nitrogen and oxygen atoms in total. The molecule has 27 heavy (non-hydrogen) atoms. The third-order valence-corrected chi connectivity index (χ3v) is 5.39. The van der Waals surface area contributed by atoms with Gasteiger partial charge in [0.25, 0.3) is 0 Å². The number of aryl methyl sites for hydroxylation is 1. The summed E-state index contributed by atoms with van der Waals surface area (Å²) in [7, 11) is 0. The van der Waals surface area contributed by atoms with Crippen molar-refractivity contribution in [1.82, 2.24) is 15.2 Å². The highest BCUT2D eigenvalue weighted by atomic mass is 32.2. The summed E-state index contributed by atoms with van der Waals surface area (Å²) in [5.74, 6) is 0.129. The number of nitrogens with zero attached hydrogens (tertiary/aromatic N) is 2. The van der Waals surface area contributed by atoms with Crippen molar-refractivity contribution in [1.29, 1.82) is 0 Å². The van der Waals surface area contributed by atoms with Gasteiger partial charge in [0.15, 0.2) is 0 Å². The van der Waals surface area contributed by atoms with Crippen LogP contribution in [0.15, 0.2) is 41.6 Å². The maximum atomic E-state index is 12.3. The van der Waals surface area contributed by atoms with Crippen molar-refractivity contribution >= 4 is 40.0 Å². The van der Waals surface area contributed by atoms with Crippen molar-refractivity contribution in [3.05, 3.63) is 47.8 Å². The van der Waals surface area contributed by atoms with E-state index in [0.29, 0.717) is 21.5 Å². The fourth-order valence-corrected chi connectivity index (χ4v) is 3.98. The SMILES string of the molecule is CCOC(=O)c1cc(-c2ccccc2)sc1NC(=O)CSc1n[nH]c(C)n1. The van der Waals surface area contributed by atoms with Crippen molar-refractivity contribution in [2.24, 2.45) is 0 Å². The highest BCUT2D eigenvalue weighted by Gasteiger charge is 2.20. The van der Waals surface area contributed by atoms with E-state index in [9.17, 15) is 9.59 Å². The fraction of sp³-hybridized carbons (Fsp3) is 0.222. The second-order valence-electron chi connectivity index (χ2n) is 5.48. The van der Waals surface area contributed by atoms with Gasteiger partial charge in [-0.15, -0.1) is 16.4 Å². The van der Waals surface area contributed by atoms with E-state index >= 15 is 0 Å². The molecule has 0 unspecified atom stereocenters. The first-order valence-electron chi connectivity index (χ1n) is 8.25. The molecule has 1 amide bonds. The number of rotatable bonds is 7. The monoisotopic (exact) mass is 402 g/mol. The minimum absolute atomic E-state index is 0.137. The summed E-state index contributed by atoms with van der Waals surface area (Å²) in [6.07, 6.45) is 0. The topological polar surface area (TPSA) is 97.0 Å². The van der Waals surface area contributed by atoms with Crippen LogP contribution in [0.25, 0.3) is 10.4 Å². The number of ether oxygens (including phenoxy) is 1. The number of carbonyl (C=O) groups excluding carboxylic acids is 2. The molecule has 2 aromatic heterocycles. The lowest BCUT2D eigenvalue weighted by molar-refractivity contribution is -0.113. The first kappa shape index (κ1) is 19.1. The molecular formula is C18H18N4O3S2. The highest BCUT2D eigenvalue weighted by molar-refractivity contribution is 7.99. The quantitative estimate of drug-likeness (QED) is 0.461. The predicted molar refractivity (Wildman–Crippen MR) is 106 cm³/mol. The van der Waals surface area contributed by atoms with Crippen molar-refractivity contribution < 1.29 is 14.3 Å². The van der Waals surface area contributed by atoms with Gasteiger partial charge in [-0.1, -0.05) is 42.1 Å². The number of carbonyl (C=O) groups is 2. The van der Waals surface area contributed by atoms with Crippen LogP contribution in [0.1, 0.15) is 23.1 Å². The van der Waals surface area contributed by atoms with E-state index in [1.54, 1.807) is 19.9 Å². The molecule has 0 radical (unpaired) electrons. The summed E-state index contributed by atoms with van der Waals surface area (Å²) >= 11 is 2.56. The van der Waals surface area contributed by atoms with E-state index in [1.165, 1.54) is 23.1 Å². The maximum Gasteiger partial charge on any atom is 0.341 e. The Morgan fingerprint density at radius 1 is 1.30 bits per heavy atom. The lowest BCUT2D eigenvalue weighted by Gasteiger charge is -2.05. The number of esters is 1. The van der Waals surface area contributed by atoms with E-state index in [-0.39, 0.29) is 18.3 Å². The molecule has 9 heteroatoms. The van der Waals surface area contributed by atoms with Crippen molar-refractivity contribution in [2.75, 3.05) is 17.7 Å². The Morgan fingerprint density at radius 2 is 2.07 bits per heavy atom. The van der Waals surface area contributed by atoms with Crippen molar-refractivity contribution in [3.8, 4) is 10.4 Å². The number of aromatic nitrogens is 3. The number of aromatic amines is 1. The lowest BCUT2D eigenvalue weighted by atomic mass is 10.1. The first-order chi connectivity index (χ1) is 13.1. The van der Waals surface area contributed by atoms with Gasteiger partial charge in [0.2, 0.25) is 11.1 Å². The van der Waals surface area contributed by atoms with Crippen molar-refractivity contribution in [2.45, 2.75) is 19.0 Å². The molecule has 0 fully saturated rings. The molecule has 0 spiro atoms. The Kier molecular flexibility index (Phi) is 6.25. The van der Waals surface area contributed by atoms with Gasteiger partial charge < -0.3 is 10.1 Å². The summed E-state index contributed by atoms with van der Waals surface area (Å²) in [4.78, 5) is 29.6. The average Bonchev–Trinajstić information content (AvgIpc) is 3.27. The van der Waals surface area contributed by atoms with Gasteiger partial charge in [0.05, 0.1) is 17.9 Å². The molecule has 3 aromatic rings. The van der Waals surface area contributed by atoms with Gasteiger partial charge in [0, 0.05) is 4.88 Å². The van der Waals surface area contributed by atoms with Gasteiger partial charge in [0.1, 0.15) is 10.8 Å². The zero-order chi connectivity index (χ0) is 19.2. The summed E-state index contributed by atoms with van der Waals surface area (Å²) in [6.45, 7) is 3.80. The summed E-state index contributed by atoms with van der Waals surface area (Å²) < 4.78 is 5.12. The summed E-state index contributed by atoms with van der Waals surface area (Å²) in [5, 5.41) is 10.5. The summed E-state index contributed by atoms with van der Waals surface area (Å²) in [5.41, 5.74) is 1.33. The Balaban J connectivity index is 1.76. The zero-order valence-electron chi connectivity index (χ0n) is 14.8. The summed E-state index contributed by atoms with van der Waals surface area (Å²) in [6, 6.07) is 11.4. The Hall–Kier alpha value is -2.65. The van der Waals surface area contributed by atoms with Gasteiger partial charge in [-0.05, 0) is 25.5 Å². The van der Waals surface area contributed by atoms with E-state index in [2.05, 4.69) is 20.5 Å². The number of nitrogens with one attached hydrogen (secondary N) is 2. The van der Waals surface area contributed by atoms with Gasteiger partial charge >= 0.3 is 5.97 Å². The molecule has 2 N–H and O–H groups in total. The van der Waals surface area contributed by atoms with Crippen LogP contribution in [-0.4, -0.2) is 39.4 Å². The molecule has 0 aliphatic heterocycles. The van der Waals surface area contributed by atoms with Gasteiger partial charge in [-0.2, -0.15) is 0 Å². The Bertz CT molecular complexity index is 937. The molecule has 2 heterocycles. The third-order valence-electron chi connectivity index (χ3n) is 3.45. The largest absolute Gasteiger partial charge is 0.462 e. The molecule has 0 saturated carbocycles. The van der Waals surface area contributed by atoms with Gasteiger partial charge in [-0.25, -0.2) is 9.78 Å². The number of amides is 1. The standard InChI is InChI=1S/C18H18N4O3S2/c1-3-25-17(24)13-9-14(12-7-5-4-6-8-12)27-16(13)20-15(23)10-26-18-19-11(2)21-22-18/h4-9H,3,10H2,1-2H3,(H,20,23)(H,19,21,22). The molecule has 0 aliphatic carbocycles. The van der Waals surface area contributed by atoms with Crippen LogP contribution >= 0.6 is 23.1 Å². The third kappa shape index (κ3) is 4.95. The van der Waals surface area contributed by atoms with E-state index in [1.807, 2.05) is 30.3 Å². The molecule has 0 aliphatic rings. The van der Waals surface area contributed by atoms with E-state index in [4.69, 9.17) is 4.74 Å². The molecule has 0 bridgehead atoms. The molecule has 0 atom stereocenters. The molecule has 1 aromatic carbocycles. The van der Waals surface area contributed by atoms with E-state index < -0.39 is 5.97 Å². The molecular weight excluding hydrogens is 384 g/mol. The number of anilines is 1. The molecule has 3 rings (SSSR count). The predicted octanol–water partition coefficient (Wildman–Crippen LogP) is 3.75. The minimum atomic E-state index is -0.455. The average molecular weight is 403 g/mol. The Labute approximate surface area is 164 Å². The maximum absolute atomic E-state index is 12.3. The Morgan fingerprint density at radius 3 is 2.74 bits per heavy atom. The van der Waals surface area contributed by atoms with Crippen LogP contribution in [0.3, 0.4) is 0 Å². The second-order valence-corrected chi connectivity index (χ2v) is 7.47. The minimum Gasteiger partial charge on any atom is -0.462 e. The number of hydrogen-bond donors (Lipinski definition) is 2. The highest BCUT2D eigenvalue weighted by Crippen LogP contribution is 2.36. The number of thiophene rings is 1. The van der Waals surface area contributed by atoms with Crippen LogP contribution < -0.4 is 5.32 Å². The lowest BCUT2D eigenvalue weighted by Crippen LogP contribution is -2.16.